The Balaban J connectivity index is 2.00. The molecule has 1 aliphatic heterocycles. The molecule has 3 heterocycles. The number of aryl methyl sites for hydroxylation is 2. The van der Waals surface area contributed by atoms with Crippen molar-refractivity contribution < 1.29 is 4.79 Å². The van der Waals surface area contributed by atoms with Gasteiger partial charge in [-0.3, -0.25) is 9.20 Å². The van der Waals surface area contributed by atoms with Crippen molar-refractivity contribution in [3.05, 3.63) is 35.3 Å². The van der Waals surface area contributed by atoms with E-state index in [0.717, 1.165) is 36.4 Å². The van der Waals surface area contributed by atoms with Crippen molar-refractivity contribution in [1.82, 2.24) is 14.3 Å². The largest absolute Gasteiger partial charge is 0.337 e. The average Bonchev–Trinajstić information content (AvgIpc) is 2.73. The summed E-state index contributed by atoms with van der Waals surface area (Å²) < 4.78 is 1.92. The first-order chi connectivity index (χ1) is 9.56. The molecule has 0 bridgehead atoms. The number of nitrogens with zero attached hydrogens (tertiary/aromatic N) is 3. The van der Waals surface area contributed by atoms with E-state index in [2.05, 4.69) is 11.9 Å². The van der Waals surface area contributed by atoms with Gasteiger partial charge in [0.1, 0.15) is 11.3 Å². The zero-order chi connectivity index (χ0) is 14.3. The second-order valence-corrected chi connectivity index (χ2v) is 5.98. The summed E-state index contributed by atoms with van der Waals surface area (Å²) in [5.41, 5.74) is 3.55. The normalized spacial score (nSPS) is 19.6. The first-order valence-electron chi connectivity index (χ1n) is 7.31. The molecule has 0 aliphatic carbocycles. The first kappa shape index (κ1) is 13.2. The fraction of sp³-hybridized carbons (Fsp3) is 0.500. The minimum atomic E-state index is 0.116. The molecule has 1 saturated heterocycles. The van der Waals surface area contributed by atoms with E-state index in [1.807, 2.05) is 41.5 Å². The number of likely N-dealkylation sites (tertiary alicyclic amines) is 1. The summed E-state index contributed by atoms with van der Waals surface area (Å²) in [6.07, 6.45) is 4.27. The third-order valence-corrected chi connectivity index (χ3v) is 4.10. The molecule has 2 aromatic heterocycles. The van der Waals surface area contributed by atoms with E-state index in [1.54, 1.807) is 0 Å². The molecular weight excluding hydrogens is 250 g/mol. The molecule has 20 heavy (non-hydrogen) atoms. The van der Waals surface area contributed by atoms with E-state index in [9.17, 15) is 4.79 Å². The van der Waals surface area contributed by atoms with Crippen molar-refractivity contribution >= 4 is 11.6 Å². The highest BCUT2D eigenvalue weighted by Crippen LogP contribution is 2.20. The van der Waals surface area contributed by atoms with Crippen LogP contribution in [0.15, 0.2) is 18.3 Å². The predicted molar refractivity (Wildman–Crippen MR) is 79.0 cm³/mol. The molecule has 2 aromatic rings. The van der Waals surface area contributed by atoms with Gasteiger partial charge >= 0.3 is 0 Å². The fourth-order valence-electron chi connectivity index (χ4n) is 3.05. The summed E-state index contributed by atoms with van der Waals surface area (Å²) in [4.78, 5) is 19.3. The molecule has 0 radical (unpaired) electrons. The fourth-order valence-corrected chi connectivity index (χ4v) is 3.05. The second kappa shape index (κ2) is 4.93. The van der Waals surface area contributed by atoms with Crippen molar-refractivity contribution in [1.29, 1.82) is 0 Å². The molecule has 1 aliphatic rings. The quantitative estimate of drug-likeness (QED) is 0.800. The summed E-state index contributed by atoms with van der Waals surface area (Å²) in [6, 6.07) is 4.03. The van der Waals surface area contributed by atoms with Crippen LogP contribution >= 0.6 is 0 Å². The van der Waals surface area contributed by atoms with Crippen LogP contribution in [0.25, 0.3) is 5.65 Å². The van der Waals surface area contributed by atoms with E-state index >= 15 is 0 Å². The lowest BCUT2D eigenvalue weighted by Gasteiger charge is -2.30. The standard InChI is InChI=1S/C16H21N3O/c1-11-6-8-19-14(9-11)17-13(3)15(19)16(20)18-7-4-5-12(2)10-18/h6,8-9,12H,4-5,7,10H2,1-3H3. The van der Waals surface area contributed by atoms with Gasteiger partial charge in [-0.1, -0.05) is 6.92 Å². The van der Waals surface area contributed by atoms with Crippen LogP contribution in [-0.2, 0) is 0 Å². The van der Waals surface area contributed by atoms with Crippen molar-refractivity contribution in [2.45, 2.75) is 33.6 Å². The Morgan fingerprint density at radius 3 is 2.95 bits per heavy atom. The smallest absolute Gasteiger partial charge is 0.272 e. The highest BCUT2D eigenvalue weighted by atomic mass is 16.2. The molecule has 3 rings (SSSR count). The molecule has 1 atom stereocenters. The highest BCUT2D eigenvalue weighted by Gasteiger charge is 2.26. The third-order valence-electron chi connectivity index (χ3n) is 4.10. The van der Waals surface area contributed by atoms with Crippen LogP contribution in [0.5, 0.6) is 0 Å². The lowest BCUT2D eigenvalue weighted by molar-refractivity contribution is 0.0675. The Labute approximate surface area is 119 Å². The van der Waals surface area contributed by atoms with E-state index in [-0.39, 0.29) is 5.91 Å². The summed E-state index contributed by atoms with van der Waals surface area (Å²) in [5, 5.41) is 0. The van der Waals surface area contributed by atoms with Gasteiger partial charge in [-0.15, -0.1) is 0 Å². The third kappa shape index (κ3) is 2.19. The summed E-state index contributed by atoms with van der Waals surface area (Å²) in [5.74, 6) is 0.708. The number of fused-ring (bicyclic) bond motifs is 1. The summed E-state index contributed by atoms with van der Waals surface area (Å²) in [7, 11) is 0. The molecule has 106 valence electrons. The number of pyridine rings is 1. The van der Waals surface area contributed by atoms with Gasteiger partial charge in [-0.2, -0.15) is 0 Å². The Kier molecular flexibility index (Phi) is 3.24. The van der Waals surface area contributed by atoms with Crippen LogP contribution in [0, 0.1) is 19.8 Å². The van der Waals surface area contributed by atoms with Gasteiger partial charge in [0.05, 0.1) is 5.69 Å². The number of amides is 1. The Morgan fingerprint density at radius 1 is 1.40 bits per heavy atom. The average molecular weight is 271 g/mol. The van der Waals surface area contributed by atoms with Crippen LogP contribution in [0.3, 0.4) is 0 Å². The lowest BCUT2D eigenvalue weighted by atomic mass is 10.00. The summed E-state index contributed by atoms with van der Waals surface area (Å²) >= 11 is 0. The molecule has 4 nitrogen and oxygen atoms in total. The number of hydrogen-bond acceptors (Lipinski definition) is 2. The molecule has 0 spiro atoms. The Hall–Kier alpha value is -1.84. The van der Waals surface area contributed by atoms with Gasteiger partial charge in [0.15, 0.2) is 0 Å². The maximum Gasteiger partial charge on any atom is 0.272 e. The molecule has 0 N–H and O–H groups in total. The van der Waals surface area contributed by atoms with E-state index in [0.29, 0.717) is 11.6 Å². The van der Waals surface area contributed by atoms with E-state index in [1.165, 1.54) is 6.42 Å². The van der Waals surface area contributed by atoms with Crippen LogP contribution < -0.4 is 0 Å². The zero-order valence-electron chi connectivity index (χ0n) is 12.4. The first-order valence-corrected chi connectivity index (χ1v) is 7.31. The minimum Gasteiger partial charge on any atom is -0.337 e. The number of carbonyl (C=O) groups excluding carboxylic acids is 1. The molecular formula is C16H21N3O. The summed E-state index contributed by atoms with van der Waals surface area (Å²) in [6.45, 7) is 7.89. The SMILES string of the molecule is Cc1ccn2c(C(=O)N3CCCC(C)C3)c(C)nc2c1. The van der Waals surface area contributed by atoms with Gasteiger partial charge in [0.2, 0.25) is 0 Å². The van der Waals surface area contributed by atoms with Gasteiger partial charge in [0, 0.05) is 19.3 Å². The van der Waals surface area contributed by atoms with Gasteiger partial charge in [0.25, 0.3) is 5.91 Å². The lowest BCUT2D eigenvalue weighted by Crippen LogP contribution is -2.39. The van der Waals surface area contributed by atoms with Gasteiger partial charge in [-0.05, 0) is 50.3 Å². The molecule has 0 saturated carbocycles. The number of imidazole rings is 1. The number of rotatable bonds is 1. The minimum absolute atomic E-state index is 0.116. The molecule has 1 fully saturated rings. The maximum atomic E-state index is 12.8. The van der Waals surface area contributed by atoms with Gasteiger partial charge < -0.3 is 4.90 Å². The van der Waals surface area contributed by atoms with Crippen LogP contribution in [0.1, 0.15) is 41.5 Å². The monoisotopic (exact) mass is 271 g/mol. The second-order valence-electron chi connectivity index (χ2n) is 5.98. The zero-order valence-corrected chi connectivity index (χ0v) is 12.4. The van der Waals surface area contributed by atoms with Crippen molar-refractivity contribution in [2.24, 2.45) is 5.92 Å². The highest BCUT2D eigenvalue weighted by molar-refractivity contribution is 5.94. The molecule has 4 heteroatoms. The number of aromatic nitrogens is 2. The van der Waals surface area contributed by atoms with E-state index < -0.39 is 0 Å². The van der Waals surface area contributed by atoms with Crippen LogP contribution in [0.4, 0.5) is 0 Å². The van der Waals surface area contributed by atoms with Crippen molar-refractivity contribution in [3.63, 3.8) is 0 Å². The topological polar surface area (TPSA) is 37.6 Å². The molecule has 1 amide bonds. The predicted octanol–water partition coefficient (Wildman–Crippen LogP) is 2.82. The van der Waals surface area contributed by atoms with Crippen molar-refractivity contribution in [3.8, 4) is 0 Å². The van der Waals surface area contributed by atoms with E-state index in [4.69, 9.17) is 0 Å². The maximum absolute atomic E-state index is 12.8. The Bertz CT molecular complexity index is 659. The Morgan fingerprint density at radius 2 is 2.20 bits per heavy atom. The molecule has 1 unspecified atom stereocenters. The van der Waals surface area contributed by atoms with Gasteiger partial charge in [-0.25, -0.2) is 4.98 Å². The van der Waals surface area contributed by atoms with Crippen molar-refractivity contribution in [2.75, 3.05) is 13.1 Å². The van der Waals surface area contributed by atoms with Crippen LogP contribution in [-0.4, -0.2) is 33.3 Å². The molecule has 0 aromatic carbocycles. The number of carbonyl (C=O) groups is 1. The van der Waals surface area contributed by atoms with Crippen LogP contribution in [0.2, 0.25) is 0 Å². The number of piperidine rings is 1. The number of hydrogen-bond donors (Lipinski definition) is 0.